The van der Waals surface area contributed by atoms with Gasteiger partial charge in [-0.1, -0.05) is 48.5 Å². The monoisotopic (exact) mass is 373 g/mol. The van der Waals surface area contributed by atoms with Crippen molar-refractivity contribution in [2.45, 2.75) is 38.2 Å². The van der Waals surface area contributed by atoms with Gasteiger partial charge in [-0.3, -0.25) is 4.90 Å². The first kappa shape index (κ1) is 20.0. The molecule has 27 heavy (non-hydrogen) atoms. The van der Waals surface area contributed by atoms with E-state index in [2.05, 4.69) is 4.90 Å². The van der Waals surface area contributed by atoms with Gasteiger partial charge in [0.15, 0.2) is 0 Å². The highest BCUT2D eigenvalue weighted by Crippen LogP contribution is 2.17. The highest BCUT2D eigenvalue weighted by Gasteiger charge is 2.22. The van der Waals surface area contributed by atoms with E-state index in [1.165, 1.54) is 6.07 Å². The molecule has 1 saturated heterocycles. The third-order valence-electron chi connectivity index (χ3n) is 4.73. The summed E-state index contributed by atoms with van der Waals surface area (Å²) >= 11 is 0. The van der Waals surface area contributed by atoms with E-state index in [1.54, 1.807) is 12.1 Å². The van der Waals surface area contributed by atoms with Crippen LogP contribution in [0.5, 0.6) is 0 Å². The van der Waals surface area contributed by atoms with Gasteiger partial charge in [0, 0.05) is 31.8 Å². The average molecular weight is 373 g/mol. The number of ether oxygens (including phenoxy) is 2. The van der Waals surface area contributed by atoms with Gasteiger partial charge in [0.1, 0.15) is 5.82 Å². The van der Waals surface area contributed by atoms with Gasteiger partial charge >= 0.3 is 0 Å². The second-order valence-electron chi connectivity index (χ2n) is 7.08. The Balaban J connectivity index is 1.52. The molecule has 0 unspecified atom stereocenters. The smallest absolute Gasteiger partial charge is 0.127 e. The average Bonchev–Trinajstić information content (AvgIpc) is 3.17. The van der Waals surface area contributed by atoms with Crippen molar-refractivity contribution in [1.82, 2.24) is 4.90 Å². The first-order valence-electron chi connectivity index (χ1n) is 9.58. The Labute approximate surface area is 160 Å². The van der Waals surface area contributed by atoms with Crippen molar-refractivity contribution in [3.05, 3.63) is 71.5 Å². The summed E-state index contributed by atoms with van der Waals surface area (Å²) in [5.41, 5.74) is 1.71. The van der Waals surface area contributed by atoms with E-state index in [-0.39, 0.29) is 18.5 Å². The summed E-state index contributed by atoms with van der Waals surface area (Å²) in [4.78, 5) is 2.06. The van der Waals surface area contributed by atoms with Crippen LogP contribution in [0.3, 0.4) is 0 Å². The molecule has 2 aromatic rings. The van der Waals surface area contributed by atoms with Crippen molar-refractivity contribution in [2.24, 2.45) is 0 Å². The lowest BCUT2D eigenvalue weighted by Gasteiger charge is -2.27. The Hall–Kier alpha value is -1.79. The van der Waals surface area contributed by atoms with Crippen LogP contribution in [-0.4, -0.2) is 48.5 Å². The highest BCUT2D eigenvalue weighted by molar-refractivity contribution is 5.17. The van der Waals surface area contributed by atoms with Crippen LogP contribution in [0.2, 0.25) is 0 Å². The first-order chi connectivity index (χ1) is 13.2. The van der Waals surface area contributed by atoms with Gasteiger partial charge in [0.05, 0.1) is 25.4 Å². The first-order valence-corrected chi connectivity index (χ1v) is 9.58. The van der Waals surface area contributed by atoms with Crippen LogP contribution in [0.25, 0.3) is 0 Å². The van der Waals surface area contributed by atoms with E-state index in [9.17, 15) is 9.50 Å². The minimum atomic E-state index is -0.637. The topological polar surface area (TPSA) is 41.9 Å². The summed E-state index contributed by atoms with van der Waals surface area (Å²) in [7, 11) is 0. The Morgan fingerprint density at radius 3 is 2.67 bits per heavy atom. The third-order valence-corrected chi connectivity index (χ3v) is 4.73. The van der Waals surface area contributed by atoms with Gasteiger partial charge in [0.25, 0.3) is 0 Å². The van der Waals surface area contributed by atoms with E-state index in [0.29, 0.717) is 31.8 Å². The summed E-state index contributed by atoms with van der Waals surface area (Å²) in [5, 5.41) is 10.4. The molecule has 0 spiro atoms. The molecule has 146 valence electrons. The normalized spacial score (nSPS) is 18.1. The van der Waals surface area contributed by atoms with Crippen molar-refractivity contribution in [3.8, 4) is 0 Å². The SMILES string of the molecule is O[C@@H](COCc1ccccc1)CN(Cc1ccccc1F)C[C@H]1CCCO1. The van der Waals surface area contributed by atoms with Crippen LogP contribution >= 0.6 is 0 Å². The molecule has 1 heterocycles. The summed E-state index contributed by atoms with van der Waals surface area (Å²) < 4.78 is 25.4. The lowest BCUT2D eigenvalue weighted by Crippen LogP contribution is -2.39. The van der Waals surface area contributed by atoms with Crippen LogP contribution in [0.15, 0.2) is 54.6 Å². The molecule has 2 aromatic carbocycles. The molecule has 0 bridgehead atoms. The molecule has 1 N–H and O–H groups in total. The molecular weight excluding hydrogens is 345 g/mol. The van der Waals surface area contributed by atoms with Crippen molar-refractivity contribution >= 4 is 0 Å². The minimum absolute atomic E-state index is 0.147. The van der Waals surface area contributed by atoms with E-state index in [1.807, 2.05) is 36.4 Å². The van der Waals surface area contributed by atoms with Crippen LogP contribution in [0.4, 0.5) is 4.39 Å². The summed E-state index contributed by atoms with van der Waals surface area (Å²) in [6.45, 7) is 3.04. The molecule has 1 aliphatic rings. The molecule has 2 atom stereocenters. The molecule has 5 heteroatoms. The molecule has 3 rings (SSSR count). The van der Waals surface area contributed by atoms with Crippen LogP contribution in [0, 0.1) is 5.82 Å². The zero-order chi connectivity index (χ0) is 18.9. The standard InChI is InChI=1S/C22H28FNO3/c23-22-11-5-4-9-19(22)13-24(15-21-10-6-12-27-21)14-20(25)17-26-16-18-7-2-1-3-8-18/h1-5,7-9,11,20-21,25H,6,10,12-17H2/t20-,21-/m1/s1. The van der Waals surface area contributed by atoms with Crippen LogP contribution in [0.1, 0.15) is 24.0 Å². The fraction of sp³-hybridized carbons (Fsp3) is 0.455. The molecule has 1 aliphatic heterocycles. The number of aliphatic hydroxyl groups excluding tert-OH is 1. The number of hydrogen-bond donors (Lipinski definition) is 1. The number of hydrogen-bond acceptors (Lipinski definition) is 4. The highest BCUT2D eigenvalue weighted by atomic mass is 19.1. The second kappa shape index (κ2) is 10.5. The van der Waals surface area contributed by atoms with Crippen LogP contribution in [-0.2, 0) is 22.6 Å². The Morgan fingerprint density at radius 2 is 1.93 bits per heavy atom. The second-order valence-corrected chi connectivity index (χ2v) is 7.08. The van der Waals surface area contributed by atoms with Gasteiger partial charge in [-0.2, -0.15) is 0 Å². The zero-order valence-corrected chi connectivity index (χ0v) is 15.6. The number of rotatable bonds is 10. The van der Waals surface area contributed by atoms with E-state index in [0.717, 1.165) is 25.0 Å². The molecule has 1 fully saturated rings. The number of benzene rings is 2. The maximum absolute atomic E-state index is 14.0. The van der Waals surface area contributed by atoms with Gasteiger partial charge in [-0.05, 0) is 24.5 Å². The quantitative estimate of drug-likeness (QED) is 0.693. The lowest BCUT2D eigenvalue weighted by atomic mass is 10.1. The molecule has 0 amide bonds. The van der Waals surface area contributed by atoms with Crippen molar-refractivity contribution in [1.29, 1.82) is 0 Å². The molecule has 4 nitrogen and oxygen atoms in total. The van der Waals surface area contributed by atoms with Crippen molar-refractivity contribution < 1.29 is 19.0 Å². The van der Waals surface area contributed by atoms with E-state index < -0.39 is 6.10 Å². The van der Waals surface area contributed by atoms with Gasteiger partial charge in [-0.25, -0.2) is 4.39 Å². The Bertz CT molecular complexity index is 676. The molecule has 0 radical (unpaired) electrons. The fourth-order valence-corrected chi connectivity index (χ4v) is 3.39. The van der Waals surface area contributed by atoms with Crippen molar-refractivity contribution in [2.75, 3.05) is 26.3 Å². The predicted octanol–water partition coefficient (Wildman–Crippen LogP) is 3.38. The molecule has 0 aromatic heterocycles. The molecular formula is C22H28FNO3. The Kier molecular flexibility index (Phi) is 7.78. The van der Waals surface area contributed by atoms with Gasteiger partial charge in [0.2, 0.25) is 0 Å². The van der Waals surface area contributed by atoms with Crippen LogP contribution < -0.4 is 0 Å². The summed E-state index contributed by atoms with van der Waals surface area (Å²) in [6, 6.07) is 16.7. The predicted molar refractivity (Wildman–Crippen MR) is 103 cm³/mol. The van der Waals surface area contributed by atoms with E-state index in [4.69, 9.17) is 9.47 Å². The van der Waals surface area contributed by atoms with E-state index >= 15 is 0 Å². The third kappa shape index (κ3) is 6.70. The maximum atomic E-state index is 14.0. The number of aliphatic hydroxyl groups is 1. The fourth-order valence-electron chi connectivity index (χ4n) is 3.39. The van der Waals surface area contributed by atoms with Gasteiger partial charge < -0.3 is 14.6 Å². The lowest BCUT2D eigenvalue weighted by molar-refractivity contribution is -0.00308. The van der Waals surface area contributed by atoms with Gasteiger partial charge in [-0.15, -0.1) is 0 Å². The molecule has 0 aliphatic carbocycles. The minimum Gasteiger partial charge on any atom is -0.389 e. The summed E-state index contributed by atoms with van der Waals surface area (Å²) in [6.07, 6.45) is 1.58. The Morgan fingerprint density at radius 1 is 1.15 bits per heavy atom. The molecule has 0 saturated carbocycles. The number of halogens is 1. The number of nitrogens with zero attached hydrogens (tertiary/aromatic N) is 1. The summed E-state index contributed by atoms with van der Waals surface area (Å²) in [5.74, 6) is -0.218. The maximum Gasteiger partial charge on any atom is 0.127 e. The largest absolute Gasteiger partial charge is 0.389 e. The zero-order valence-electron chi connectivity index (χ0n) is 15.6. The van der Waals surface area contributed by atoms with Crippen molar-refractivity contribution in [3.63, 3.8) is 0 Å².